The number of hydrogen-bond donors (Lipinski definition) is 0. The van der Waals surface area contributed by atoms with Gasteiger partial charge < -0.3 is 0 Å². The van der Waals surface area contributed by atoms with Crippen LogP contribution < -0.4 is 0 Å². The lowest BCUT2D eigenvalue weighted by Gasteiger charge is -2.35. The molecule has 3 rings (SSSR count). The fourth-order valence-electron chi connectivity index (χ4n) is 5.45. The largest absolute Gasteiger partial charge is 0.0759 e. The van der Waals surface area contributed by atoms with E-state index in [2.05, 4.69) is 64.2 Å². The molecule has 1 heteroatoms. The van der Waals surface area contributed by atoms with Crippen LogP contribution in [-0.2, 0) is 0 Å². The Morgan fingerprint density at radius 1 is 1.00 bits per heavy atom. The number of rotatable bonds is 4. The Bertz CT molecular complexity index is 597. The molecule has 0 saturated heterocycles. The first-order valence-corrected chi connectivity index (χ1v) is 13.3. The van der Waals surface area contributed by atoms with E-state index >= 15 is 0 Å². The van der Waals surface area contributed by atoms with Gasteiger partial charge in [-0.1, -0.05) is 102 Å². The van der Waals surface area contributed by atoms with Crippen molar-refractivity contribution in [2.24, 2.45) is 11.3 Å². The van der Waals surface area contributed by atoms with Gasteiger partial charge in [-0.05, 0) is 40.0 Å². The molecule has 0 amide bonds. The molecule has 1 aromatic rings. The molecule has 0 nitrogen and oxygen atoms in total. The molecule has 0 radical (unpaired) electrons. The average Bonchev–Trinajstić information content (AvgIpc) is 2.86. The molecule has 1 unspecified atom stereocenters. The first-order chi connectivity index (χ1) is 11.3. The van der Waals surface area contributed by atoms with Gasteiger partial charge >= 0.3 is 0 Å². The van der Waals surface area contributed by atoms with E-state index in [0.717, 1.165) is 5.92 Å². The summed E-state index contributed by atoms with van der Waals surface area (Å²) in [5.74, 6) is 0.934. The van der Waals surface area contributed by atoms with Gasteiger partial charge in [-0.3, -0.25) is 0 Å². The van der Waals surface area contributed by atoms with E-state index in [-0.39, 0.29) is 0 Å². The van der Waals surface area contributed by atoms with Crippen LogP contribution in [0.2, 0.25) is 19.1 Å². The van der Waals surface area contributed by atoms with Gasteiger partial charge in [0.2, 0.25) is 0 Å². The summed E-state index contributed by atoms with van der Waals surface area (Å²) in [6.45, 7) is 12.5. The Hall–Kier alpha value is -0.823. The summed E-state index contributed by atoms with van der Waals surface area (Å²) in [5.41, 5.74) is 6.06. The van der Waals surface area contributed by atoms with Gasteiger partial charge in [0.25, 0.3) is 0 Å². The maximum absolute atomic E-state index is 2.71. The summed E-state index contributed by atoms with van der Waals surface area (Å²) in [6, 6.07) is 10.7. The number of allylic oxidation sites excluding steroid dienone is 2. The van der Waals surface area contributed by atoms with Crippen LogP contribution in [-0.4, -0.2) is 8.07 Å². The predicted molar refractivity (Wildman–Crippen MR) is 110 cm³/mol. The van der Waals surface area contributed by atoms with Crippen molar-refractivity contribution < 1.29 is 0 Å². The smallest absolute Gasteiger partial charge is 0.0601 e. The van der Waals surface area contributed by atoms with Crippen LogP contribution in [0.15, 0.2) is 30.3 Å². The van der Waals surface area contributed by atoms with Crippen LogP contribution in [0, 0.1) is 11.3 Å². The van der Waals surface area contributed by atoms with E-state index in [0.29, 0.717) is 11.0 Å². The van der Waals surface area contributed by atoms with Gasteiger partial charge in [0.15, 0.2) is 0 Å². The van der Waals surface area contributed by atoms with Crippen LogP contribution in [0.5, 0.6) is 0 Å². The minimum Gasteiger partial charge on any atom is -0.0759 e. The second-order valence-electron chi connectivity index (χ2n) is 10.2. The predicted octanol–water partition coefficient (Wildman–Crippen LogP) is 7.43. The Morgan fingerprint density at radius 3 is 2.33 bits per heavy atom. The zero-order valence-corrected chi connectivity index (χ0v) is 17.5. The van der Waals surface area contributed by atoms with Crippen molar-refractivity contribution in [1.29, 1.82) is 0 Å². The lowest BCUT2D eigenvalue weighted by molar-refractivity contribution is 0.365. The van der Waals surface area contributed by atoms with E-state index in [1.807, 2.05) is 0 Å². The second kappa shape index (κ2) is 6.82. The summed E-state index contributed by atoms with van der Waals surface area (Å²) in [7, 11) is -1.34. The molecule has 2 aliphatic rings. The lowest BCUT2D eigenvalue weighted by Crippen LogP contribution is -2.37. The summed E-state index contributed by atoms with van der Waals surface area (Å²) in [6.07, 6.45) is 11.3. The fourth-order valence-corrected chi connectivity index (χ4v) is 10.1. The third-order valence-corrected chi connectivity index (χ3v) is 10.2. The lowest BCUT2D eigenvalue weighted by atomic mass is 9.84. The molecule has 0 aliphatic heterocycles. The van der Waals surface area contributed by atoms with E-state index in [1.165, 1.54) is 44.6 Å². The van der Waals surface area contributed by atoms with E-state index in [1.54, 1.807) is 16.7 Å². The second-order valence-corrected chi connectivity index (χ2v) is 15.1. The third kappa shape index (κ3) is 4.04. The van der Waals surface area contributed by atoms with Gasteiger partial charge in [0.05, 0.1) is 8.07 Å². The molecule has 132 valence electrons. The molecule has 0 N–H and O–H groups in total. The van der Waals surface area contributed by atoms with Gasteiger partial charge in [0.1, 0.15) is 0 Å². The van der Waals surface area contributed by atoms with E-state index < -0.39 is 8.07 Å². The molecule has 0 spiro atoms. The molecule has 24 heavy (non-hydrogen) atoms. The fraction of sp³-hybridized carbons (Fsp3) is 0.652. The normalized spacial score (nSPS) is 22.4. The minimum atomic E-state index is -1.34. The van der Waals surface area contributed by atoms with Crippen molar-refractivity contribution in [2.45, 2.75) is 84.0 Å². The highest BCUT2D eigenvalue weighted by molar-refractivity contribution is 6.79. The van der Waals surface area contributed by atoms with Gasteiger partial charge in [-0.25, -0.2) is 0 Å². The summed E-state index contributed by atoms with van der Waals surface area (Å²) >= 11 is 0. The van der Waals surface area contributed by atoms with Crippen molar-refractivity contribution in [2.75, 3.05) is 0 Å². The van der Waals surface area contributed by atoms with Gasteiger partial charge in [-0.15, -0.1) is 0 Å². The summed E-state index contributed by atoms with van der Waals surface area (Å²) < 4.78 is 0. The molecule has 0 heterocycles. The highest BCUT2D eigenvalue weighted by Crippen LogP contribution is 2.47. The van der Waals surface area contributed by atoms with Crippen molar-refractivity contribution >= 4 is 13.6 Å². The van der Waals surface area contributed by atoms with Crippen LogP contribution in [0.1, 0.15) is 76.0 Å². The van der Waals surface area contributed by atoms with Crippen LogP contribution in [0.3, 0.4) is 0 Å². The highest BCUT2D eigenvalue weighted by Gasteiger charge is 2.39. The SMILES string of the molecule is CC(C)(C)C[Si](C)(C)C1C=C(CC2CCCCC2)c2ccccc21. The first kappa shape index (κ1) is 18.0. The molecule has 1 atom stereocenters. The van der Waals surface area contributed by atoms with E-state index in [4.69, 9.17) is 0 Å². The third-order valence-electron chi connectivity index (χ3n) is 6.07. The molecule has 0 aromatic heterocycles. The topological polar surface area (TPSA) is 0 Å². The molecule has 1 aromatic carbocycles. The van der Waals surface area contributed by atoms with Crippen molar-refractivity contribution in [1.82, 2.24) is 0 Å². The van der Waals surface area contributed by atoms with Crippen LogP contribution >= 0.6 is 0 Å². The zero-order chi connectivity index (χ0) is 17.4. The highest BCUT2D eigenvalue weighted by atomic mass is 28.3. The summed E-state index contributed by atoms with van der Waals surface area (Å²) in [5, 5.41) is 0. The Morgan fingerprint density at radius 2 is 1.67 bits per heavy atom. The van der Waals surface area contributed by atoms with E-state index in [9.17, 15) is 0 Å². The number of hydrogen-bond acceptors (Lipinski definition) is 0. The Balaban J connectivity index is 1.87. The first-order valence-electron chi connectivity index (χ1n) is 10.1. The zero-order valence-electron chi connectivity index (χ0n) is 16.5. The summed E-state index contributed by atoms with van der Waals surface area (Å²) in [4.78, 5) is 0. The molecular weight excluding hydrogens is 304 g/mol. The van der Waals surface area contributed by atoms with Crippen molar-refractivity contribution in [3.8, 4) is 0 Å². The van der Waals surface area contributed by atoms with Gasteiger partial charge in [0, 0.05) is 0 Å². The molecular formula is C23H36Si. The molecule has 1 fully saturated rings. The minimum absolute atomic E-state index is 0.435. The average molecular weight is 341 g/mol. The van der Waals surface area contributed by atoms with Crippen molar-refractivity contribution in [3.05, 3.63) is 41.5 Å². The molecule has 0 bridgehead atoms. The van der Waals surface area contributed by atoms with Gasteiger partial charge in [-0.2, -0.15) is 0 Å². The van der Waals surface area contributed by atoms with Crippen LogP contribution in [0.4, 0.5) is 0 Å². The maximum atomic E-state index is 2.71. The Labute approximate surface area is 150 Å². The van der Waals surface area contributed by atoms with Crippen molar-refractivity contribution in [3.63, 3.8) is 0 Å². The molecule has 1 saturated carbocycles. The van der Waals surface area contributed by atoms with Crippen LogP contribution in [0.25, 0.3) is 5.57 Å². The standard InChI is InChI=1S/C23H36Si/c1-23(2,3)17-24(4,5)22-16-19(15-18-11-7-6-8-12-18)20-13-9-10-14-21(20)22/h9-10,13-14,16,18,22H,6-8,11-12,15,17H2,1-5H3. The Kier molecular flexibility index (Phi) is 5.11. The number of fused-ring (bicyclic) bond motifs is 1. The quantitative estimate of drug-likeness (QED) is 0.500. The maximum Gasteiger partial charge on any atom is 0.0601 e. The monoisotopic (exact) mass is 340 g/mol. The molecule has 2 aliphatic carbocycles. The number of benzene rings is 1.